The van der Waals surface area contributed by atoms with Crippen LogP contribution >= 0.6 is 23.4 Å². The fourth-order valence-electron chi connectivity index (χ4n) is 1.48. The lowest BCUT2D eigenvalue weighted by atomic mass is 10.5. The predicted molar refractivity (Wildman–Crippen MR) is 68.0 cm³/mol. The van der Waals surface area contributed by atoms with Gasteiger partial charge in [-0.05, 0) is 6.92 Å². The van der Waals surface area contributed by atoms with Crippen molar-refractivity contribution in [2.45, 2.75) is 30.3 Å². The minimum absolute atomic E-state index is 0.481. The van der Waals surface area contributed by atoms with Crippen molar-refractivity contribution in [1.82, 2.24) is 24.3 Å². The Balaban J connectivity index is 2.05. The van der Waals surface area contributed by atoms with Crippen LogP contribution in [0.15, 0.2) is 17.7 Å². The molecule has 0 spiro atoms. The molecule has 2 heterocycles. The molecule has 0 atom stereocenters. The van der Waals surface area contributed by atoms with E-state index in [-0.39, 0.29) is 0 Å². The third-order valence-electron chi connectivity index (χ3n) is 2.50. The third kappa shape index (κ3) is 2.63. The summed E-state index contributed by atoms with van der Waals surface area (Å²) in [5, 5.41) is 5.08. The molecule has 5 nitrogen and oxygen atoms in total. The van der Waals surface area contributed by atoms with Gasteiger partial charge in [0, 0.05) is 13.6 Å². The van der Waals surface area contributed by atoms with Crippen molar-refractivity contribution in [1.29, 1.82) is 0 Å². The van der Waals surface area contributed by atoms with E-state index in [0.29, 0.717) is 5.88 Å². The molecule has 0 aliphatic rings. The lowest BCUT2D eigenvalue weighted by Crippen LogP contribution is -2.03. The molecule has 0 N–H and O–H groups in total. The summed E-state index contributed by atoms with van der Waals surface area (Å²) in [5.74, 6) is 2.21. The lowest BCUT2D eigenvalue weighted by molar-refractivity contribution is 0.632. The highest BCUT2D eigenvalue weighted by atomic mass is 35.5. The van der Waals surface area contributed by atoms with Crippen LogP contribution in [0.4, 0.5) is 0 Å². The zero-order valence-corrected chi connectivity index (χ0v) is 11.4. The number of rotatable bonds is 5. The summed E-state index contributed by atoms with van der Waals surface area (Å²) in [7, 11) is 1.97. The highest BCUT2D eigenvalue weighted by Crippen LogP contribution is 2.21. The molecule has 92 valence electrons. The third-order valence-corrected chi connectivity index (χ3v) is 3.82. The summed E-state index contributed by atoms with van der Waals surface area (Å²) in [4.78, 5) is 8.55. The molecule has 2 aromatic heterocycles. The quantitative estimate of drug-likeness (QED) is 0.617. The smallest absolute Gasteiger partial charge is 0.168 e. The van der Waals surface area contributed by atoms with Crippen LogP contribution in [0.2, 0.25) is 0 Å². The van der Waals surface area contributed by atoms with Crippen molar-refractivity contribution < 1.29 is 0 Å². The zero-order valence-electron chi connectivity index (χ0n) is 9.80. The predicted octanol–water partition coefficient (Wildman–Crippen LogP) is 2.06. The van der Waals surface area contributed by atoms with Gasteiger partial charge in [-0.3, -0.25) is 0 Å². The average Bonchev–Trinajstić information content (AvgIpc) is 2.93. The summed E-state index contributed by atoms with van der Waals surface area (Å²) < 4.78 is 3.89. The molecule has 0 aliphatic carbocycles. The summed E-state index contributed by atoms with van der Waals surface area (Å²) in [5.41, 5.74) is 1.02. The Morgan fingerprint density at radius 3 is 2.88 bits per heavy atom. The van der Waals surface area contributed by atoms with Gasteiger partial charge in [0.05, 0.1) is 23.5 Å². The molecule has 0 saturated heterocycles. The van der Waals surface area contributed by atoms with Gasteiger partial charge in [0.2, 0.25) is 0 Å². The zero-order chi connectivity index (χ0) is 12.3. The van der Waals surface area contributed by atoms with E-state index in [9.17, 15) is 0 Å². The van der Waals surface area contributed by atoms with E-state index in [2.05, 4.69) is 22.0 Å². The van der Waals surface area contributed by atoms with Gasteiger partial charge in [0.25, 0.3) is 0 Å². The maximum Gasteiger partial charge on any atom is 0.168 e. The summed E-state index contributed by atoms with van der Waals surface area (Å²) in [6.07, 6.45) is 3.39. The second-order valence-corrected chi connectivity index (χ2v) is 4.72. The minimum atomic E-state index is 0.481. The molecule has 7 heteroatoms. The molecule has 0 aromatic carbocycles. The molecule has 2 rings (SSSR count). The van der Waals surface area contributed by atoms with E-state index in [1.807, 2.05) is 16.3 Å². The highest BCUT2D eigenvalue weighted by molar-refractivity contribution is 7.98. The molecule has 0 saturated carbocycles. The normalized spacial score (nSPS) is 11.0. The van der Waals surface area contributed by atoms with E-state index in [0.717, 1.165) is 29.0 Å². The molecule has 0 radical (unpaired) electrons. The number of hydrogen-bond acceptors (Lipinski definition) is 4. The first-order valence-corrected chi connectivity index (χ1v) is 6.84. The van der Waals surface area contributed by atoms with E-state index < -0.39 is 0 Å². The van der Waals surface area contributed by atoms with Crippen LogP contribution in [0.1, 0.15) is 18.4 Å². The summed E-state index contributed by atoms with van der Waals surface area (Å²) in [6.45, 7) is 2.89. The first kappa shape index (κ1) is 12.4. The standard InChI is InChI=1S/C10H14ClN5S/c1-3-16-9(13-7-14-16)6-17-10-12-5-8(4-11)15(10)2/h5,7H,3-4,6H2,1-2H3. The molecule has 0 bridgehead atoms. The number of nitrogens with zero attached hydrogens (tertiary/aromatic N) is 5. The Kier molecular flexibility index (Phi) is 4.06. The molecular weight excluding hydrogens is 258 g/mol. The Hall–Kier alpha value is -1.01. The SMILES string of the molecule is CCn1ncnc1CSc1ncc(CCl)n1C. The largest absolute Gasteiger partial charge is 0.325 e. The average molecular weight is 272 g/mol. The van der Waals surface area contributed by atoms with Crippen molar-refractivity contribution in [3.8, 4) is 0 Å². The van der Waals surface area contributed by atoms with Crippen LogP contribution in [-0.2, 0) is 25.2 Å². The van der Waals surface area contributed by atoms with E-state index in [1.165, 1.54) is 0 Å². The number of imidazole rings is 1. The van der Waals surface area contributed by atoms with Gasteiger partial charge in [-0.1, -0.05) is 11.8 Å². The van der Waals surface area contributed by atoms with Crippen molar-refractivity contribution in [3.05, 3.63) is 24.0 Å². The van der Waals surface area contributed by atoms with Gasteiger partial charge < -0.3 is 4.57 Å². The van der Waals surface area contributed by atoms with Crippen LogP contribution in [0.25, 0.3) is 0 Å². The van der Waals surface area contributed by atoms with Crippen molar-refractivity contribution >= 4 is 23.4 Å². The van der Waals surface area contributed by atoms with Crippen LogP contribution in [0, 0.1) is 0 Å². The van der Waals surface area contributed by atoms with Gasteiger partial charge >= 0.3 is 0 Å². The first-order valence-electron chi connectivity index (χ1n) is 5.32. The van der Waals surface area contributed by atoms with E-state index >= 15 is 0 Å². The number of halogens is 1. The number of aromatic nitrogens is 5. The number of aryl methyl sites for hydroxylation is 1. The number of alkyl halides is 1. The Morgan fingerprint density at radius 1 is 1.41 bits per heavy atom. The van der Waals surface area contributed by atoms with Crippen LogP contribution in [-0.4, -0.2) is 24.3 Å². The van der Waals surface area contributed by atoms with Gasteiger partial charge in [-0.15, -0.1) is 11.6 Å². The Morgan fingerprint density at radius 2 is 2.24 bits per heavy atom. The minimum Gasteiger partial charge on any atom is -0.325 e. The van der Waals surface area contributed by atoms with E-state index in [1.54, 1.807) is 24.3 Å². The van der Waals surface area contributed by atoms with Crippen LogP contribution < -0.4 is 0 Å². The topological polar surface area (TPSA) is 48.5 Å². The molecule has 0 fully saturated rings. The summed E-state index contributed by atoms with van der Waals surface area (Å²) in [6, 6.07) is 0. The first-order chi connectivity index (χ1) is 8.26. The molecule has 17 heavy (non-hydrogen) atoms. The Bertz CT molecular complexity index is 493. The maximum absolute atomic E-state index is 5.80. The fraction of sp³-hybridized carbons (Fsp3) is 0.500. The monoisotopic (exact) mass is 271 g/mol. The van der Waals surface area contributed by atoms with Crippen LogP contribution in [0.3, 0.4) is 0 Å². The van der Waals surface area contributed by atoms with Crippen molar-refractivity contribution in [2.24, 2.45) is 7.05 Å². The van der Waals surface area contributed by atoms with Gasteiger partial charge in [-0.25, -0.2) is 14.6 Å². The van der Waals surface area contributed by atoms with Gasteiger partial charge in [0.15, 0.2) is 5.16 Å². The molecular formula is C10H14ClN5S. The number of thioether (sulfide) groups is 1. The van der Waals surface area contributed by atoms with Gasteiger partial charge in [-0.2, -0.15) is 5.10 Å². The molecule has 0 unspecified atom stereocenters. The second-order valence-electron chi connectivity index (χ2n) is 3.51. The maximum atomic E-state index is 5.80. The molecule has 2 aromatic rings. The Labute approximate surface area is 109 Å². The van der Waals surface area contributed by atoms with E-state index in [4.69, 9.17) is 11.6 Å². The second kappa shape index (κ2) is 5.55. The number of hydrogen-bond donors (Lipinski definition) is 0. The lowest BCUT2D eigenvalue weighted by Gasteiger charge is -2.04. The fourth-order valence-corrected chi connectivity index (χ4v) is 2.65. The summed E-state index contributed by atoms with van der Waals surface area (Å²) >= 11 is 7.44. The highest BCUT2D eigenvalue weighted by Gasteiger charge is 2.09. The molecule has 0 amide bonds. The molecule has 0 aliphatic heterocycles. The van der Waals surface area contributed by atoms with Crippen molar-refractivity contribution in [2.75, 3.05) is 0 Å². The van der Waals surface area contributed by atoms with Crippen LogP contribution in [0.5, 0.6) is 0 Å². The van der Waals surface area contributed by atoms with Gasteiger partial charge in [0.1, 0.15) is 12.2 Å². The van der Waals surface area contributed by atoms with Crippen molar-refractivity contribution in [3.63, 3.8) is 0 Å².